The first-order chi connectivity index (χ1) is 17.4. The van der Waals surface area contributed by atoms with E-state index in [4.69, 9.17) is 4.74 Å². The van der Waals surface area contributed by atoms with Gasteiger partial charge in [0, 0.05) is 23.0 Å². The van der Waals surface area contributed by atoms with Gasteiger partial charge in [0.1, 0.15) is 4.88 Å². The van der Waals surface area contributed by atoms with Gasteiger partial charge in [0.05, 0.1) is 41.9 Å². The number of methoxy groups -OCH3 is 1. The first kappa shape index (κ1) is 22.1. The number of pyridine rings is 1. The van der Waals surface area contributed by atoms with Gasteiger partial charge in [-0.2, -0.15) is 0 Å². The summed E-state index contributed by atoms with van der Waals surface area (Å²) in [5.74, 6) is -4.93. The first-order valence-electron chi connectivity index (χ1n) is 11.1. The van der Waals surface area contributed by atoms with E-state index in [0.717, 1.165) is 16.2 Å². The number of fused-ring (bicyclic) bond motifs is 2. The summed E-state index contributed by atoms with van der Waals surface area (Å²) in [5, 5.41) is 4.73. The number of esters is 1. The molecule has 0 saturated carbocycles. The predicted octanol–water partition coefficient (Wildman–Crippen LogP) is 2.71. The molecule has 3 aromatic rings. The van der Waals surface area contributed by atoms with Gasteiger partial charge in [-0.05, 0) is 23.6 Å². The summed E-state index contributed by atoms with van der Waals surface area (Å²) in [5.41, 5.74) is 1.07. The number of hydrogen-bond acceptors (Lipinski definition) is 9. The van der Waals surface area contributed by atoms with Crippen LogP contribution in [-0.4, -0.2) is 41.4 Å². The Labute approximate surface area is 208 Å². The molecule has 2 fully saturated rings. The van der Waals surface area contributed by atoms with E-state index < -0.39 is 47.2 Å². The fourth-order valence-corrected chi connectivity index (χ4v) is 5.97. The van der Waals surface area contributed by atoms with Crippen LogP contribution in [0.4, 0.5) is 5.69 Å². The van der Waals surface area contributed by atoms with Crippen molar-refractivity contribution in [2.75, 3.05) is 12.0 Å². The SMILES string of the molecule is COC(=O)c1sccc1N1C(=O)C2C(=C3C(=O)c4ccccc4C3=O)NC(c3ccccn3)C2C1=O. The number of ether oxygens (including phenoxy) is 1. The van der Waals surface area contributed by atoms with Gasteiger partial charge in [-0.1, -0.05) is 30.3 Å². The van der Waals surface area contributed by atoms with Gasteiger partial charge >= 0.3 is 5.97 Å². The normalized spacial score (nSPS) is 22.7. The van der Waals surface area contributed by atoms with Crippen molar-refractivity contribution in [1.29, 1.82) is 0 Å². The van der Waals surface area contributed by atoms with E-state index in [2.05, 4.69) is 10.3 Å². The minimum atomic E-state index is -1.12. The average molecular weight is 500 g/mol. The number of carbonyl (C=O) groups excluding carboxylic acids is 5. The van der Waals surface area contributed by atoms with Crippen LogP contribution < -0.4 is 10.2 Å². The molecule has 10 heteroatoms. The van der Waals surface area contributed by atoms with Gasteiger partial charge in [0.25, 0.3) is 0 Å². The Kier molecular flexibility index (Phi) is 4.94. The highest BCUT2D eigenvalue weighted by Crippen LogP contribution is 2.49. The fourth-order valence-electron chi connectivity index (χ4n) is 5.18. The zero-order valence-electron chi connectivity index (χ0n) is 18.8. The number of thiophene rings is 1. The van der Waals surface area contributed by atoms with E-state index >= 15 is 0 Å². The highest BCUT2D eigenvalue weighted by atomic mass is 32.1. The van der Waals surface area contributed by atoms with Gasteiger partial charge in [0.2, 0.25) is 11.8 Å². The first-order valence-corrected chi connectivity index (χ1v) is 12.0. The van der Waals surface area contributed by atoms with Gasteiger partial charge in [-0.25, -0.2) is 9.69 Å². The van der Waals surface area contributed by atoms with Crippen LogP contribution >= 0.6 is 11.3 Å². The number of amides is 2. The number of Topliss-reactive ketones (excluding diaryl/α,β-unsaturated/α-hetero) is 2. The number of nitrogens with one attached hydrogen (secondary N) is 1. The maximum absolute atomic E-state index is 13.8. The van der Waals surface area contributed by atoms with Gasteiger partial charge < -0.3 is 10.1 Å². The van der Waals surface area contributed by atoms with E-state index in [9.17, 15) is 24.0 Å². The van der Waals surface area contributed by atoms with E-state index in [-0.39, 0.29) is 33.0 Å². The van der Waals surface area contributed by atoms with Crippen LogP contribution in [0.15, 0.2) is 71.4 Å². The monoisotopic (exact) mass is 499 g/mol. The Morgan fingerprint density at radius 1 is 0.972 bits per heavy atom. The van der Waals surface area contributed by atoms with Gasteiger partial charge in [0.15, 0.2) is 11.6 Å². The Hall–Kier alpha value is -4.44. The number of imide groups is 1. The topological polar surface area (TPSA) is 123 Å². The van der Waals surface area contributed by atoms with E-state index in [1.807, 2.05) is 0 Å². The highest BCUT2D eigenvalue weighted by Gasteiger charge is 2.60. The molecule has 1 aromatic carbocycles. The van der Waals surface area contributed by atoms with Crippen LogP contribution in [0.3, 0.4) is 0 Å². The van der Waals surface area contributed by atoms with Crippen molar-refractivity contribution in [3.63, 3.8) is 0 Å². The molecule has 2 aliphatic heterocycles. The number of anilines is 1. The molecule has 2 amide bonds. The predicted molar refractivity (Wildman–Crippen MR) is 127 cm³/mol. The largest absolute Gasteiger partial charge is 0.465 e. The molecule has 2 aromatic heterocycles. The van der Waals surface area contributed by atoms with Gasteiger partial charge in [-0.15, -0.1) is 11.3 Å². The van der Waals surface area contributed by atoms with Crippen molar-refractivity contribution in [1.82, 2.24) is 10.3 Å². The molecule has 3 atom stereocenters. The van der Waals surface area contributed by atoms with E-state index in [1.165, 1.54) is 13.2 Å². The maximum atomic E-state index is 13.8. The van der Waals surface area contributed by atoms with Crippen molar-refractivity contribution in [3.05, 3.63) is 93.1 Å². The zero-order valence-corrected chi connectivity index (χ0v) is 19.6. The number of benzene rings is 1. The highest BCUT2D eigenvalue weighted by molar-refractivity contribution is 7.12. The lowest BCUT2D eigenvalue weighted by atomic mass is 9.88. The van der Waals surface area contributed by atoms with Crippen LogP contribution in [0, 0.1) is 11.8 Å². The minimum Gasteiger partial charge on any atom is -0.465 e. The molecule has 2 saturated heterocycles. The summed E-state index contributed by atoms with van der Waals surface area (Å²) in [6.45, 7) is 0. The van der Waals surface area contributed by atoms with Crippen LogP contribution in [0.5, 0.6) is 0 Å². The number of allylic oxidation sites excluding steroid dienone is 1. The summed E-state index contributed by atoms with van der Waals surface area (Å²) >= 11 is 1.05. The van der Waals surface area contributed by atoms with E-state index in [1.54, 1.807) is 54.0 Å². The van der Waals surface area contributed by atoms with Crippen molar-refractivity contribution in [2.45, 2.75) is 6.04 Å². The molecule has 36 heavy (non-hydrogen) atoms. The third-order valence-electron chi connectivity index (χ3n) is 6.73. The molecule has 4 heterocycles. The molecule has 0 radical (unpaired) electrons. The lowest BCUT2D eigenvalue weighted by Crippen LogP contribution is -2.36. The number of nitrogens with zero attached hydrogens (tertiary/aromatic N) is 2. The van der Waals surface area contributed by atoms with Crippen molar-refractivity contribution in [2.24, 2.45) is 11.8 Å². The third-order valence-corrected chi connectivity index (χ3v) is 7.62. The van der Waals surface area contributed by atoms with Gasteiger partial charge in [-0.3, -0.25) is 24.2 Å². The quantitative estimate of drug-likeness (QED) is 0.253. The molecule has 3 unspecified atom stereocenters. The molecule has 3 aliphatic rings. The average Bonchev–Trinajstić information content (AvgIpc) is 3.64. The third kappa shape index (κ3) is 2.94. The molecule has 0 spiro atoms. The minimum absolute atomic E-state index is 0.108. The Balaban J connectivity index is 1.53. The zero-order chi connectivity index (χ0) is 25.1. The maximum Gasteiger partial charge on any atom is 0.350 e. The second kappa shape index (κ2) is 8.06. The summed E-state index contributed by atoms with van der Waals surface area (Å²) in [4.78, 5) is 71.9. The molecule has 6 rings (SSSR count). The number of aromatic nitrogens is 1. The van der Waals surface area contributed by atoms with Crippen molar-refractivity contribution < 1.29 is 28.7 Å². The second-order valence-electron chi connectivity index (χ2n) is 8.51. The Bertz CT molecular complexity index is 1490. The summed E-state index contributed by atoms with van der Waals surface area (Å²) < 4.78 is 4.82. The number of ketones is 2. The Morgan fingerprint density at radius 3 is 2.31 bits per heavy atom. The molecule has 9 nitrogen and oxygen atoms in total. The van der Waals surface area contributed by atoms with Crippen molar-refractivity contribution in [3.8, 4) is 0 Å². The number of rotatable bonds is 3. The van der Waals surface area contributed by atoms with Crippen molar-refractivity contribution >= 4 is 46.4 Å². The summed E-state index contributed by atoms with van der Waals surface area (Å²) in [6.07, 6.45) is 1.56. The molecule has 0 bridgehead atoms. The number of hydrogen-bond donors (Lipinski definition) is 1. The second-order valence-corrected chi connectivity index (χ2v) is 9.43. The van der Waals surface area contributed by atoms with Crippen LogP contribution in [0.2, 0.25) is 0 Å². The molecule has 1 aliphatic carbocycles. The standard InChI is InChI=1S/C26H17N3O6S/c1-35-26(34)23-15(9-11-36-23)29-24(32)16-17(25(29)33)20(28-19(16)14-8-4-5-10-27-14)18-21(30)12-6-2-3-7-13(12)22(18)31/h2-11,16-17,19,28H,1H3. The Morgan fingerprint density at radius 2 is 1.67 bits per heavy atom. The molecule has 1 N–H and O–H groups in total. The number of carbonyl (C=O) groups is 5. The van der Waals surface area contributed by atoms with Crippen LogP contribution in [0.1, 0.15) is 42.1 Å². The smallest absolute Gasteiger partial charge is 0.350 e. The molecular formula is C26H17N3O6S. The lowest BCUT2D eigenvalue weighted by molar-refractivity contribution is -0.122. The lowest BCUT2D eigenvalue weighted by Gasteiger charge is -2.20. The van der Waals surface area contributed by atoms with Crippen LogP contribution in [0.25, 0.3) is 0 Å². The van der Waals surface area contributed by atoms with Crippen LogP contribution in [-0.2, 0) is 14.3 Å². The molecule has 178 valence electrons. The molecular weight excluding hydrogens is 482 g/mol. The fraction of sp³-hybridized carbons (Fsp3) is 0.154. The summed E-state index contributed by atoms with van der Waals surface area (Å²) in [7, 11) is 1.22. The van der Waals surface area contributed by atoms with E-state index in [0.29, 0.717) is 5.69 Å². The summed E-state index contributed by atoms with van der Waals surface area (Å²) in [6, 6.07) is 12.4.